The number of aromatic amines is 1. The van der Waals surface area contributed by atoms with Crippen LogP contribution in [0, 0.1) is 22.7 Å². The Bertz CT molecular complexity index is 2600. The van der Waals surface area contributed by atoms with Crippen molar-refractivity contribution in [3.05, 3.63) is 29.3 Å². The fourth-order valence-corrected chi connectivity index (χ4v) is 14.8. The number of thiol groups is 1. The quantitative estimate of drug-likeness (QED) is 0.0845. The van der Waals surface area contributed by atoms with Crippen molar-refractivity contribution < 1.29 is 41.0 Å². The Labute approximate surface area is 360 Å². The highest BCUT2D eigenvalue weighted by Crippen LogP contribution is 2.77. The number of nitrogens with one attached hydrogen (secondary N) is 1. The van der Waals surface area contributed by atoms with Crippen molar-refractivity contribution in [1.29, 1.82) is 0 Å². The van der Waals surface area contributed by atoms with Crippen LogP contribution >= 0.6 is 26.9 Å². The van der Waals surface area contributed by atoms with E-state index in [0.717, 1.165) is 0 Å². The molecule has 4 aliphatic carbocycles. The average Bonchev–Trinajstić information content (AvgIpc) is 3.83. The van der Waals surface area contributed by atoms with Crippen LogP contribution in [0.1, 0.15) is 66.5 Å². The third-order valence-electron chi connectivity index (χ3n) is 15.0. The highest BCUT2D eigenvalue weighted by atomic mass is 32.7. The number of aromatic nitrogens is 8. The molecule has 2 spiro atoms. The molecule has 0 aromatic carbocycles. The van der Waals surface area contributed by atoms with Crippen molar-refractivity contribution in [3.63, 3.8) is 0 Å². The molecule has 20 nitrogen and oxygen atoms in total. The second-order valence-electron chi connectivity index (χ2n) is 20.6. The Morgan fingerprint density at radius 3 is 1.89 bits per heavy atom. The van der Waals surface area contributed by atoms with E-state index in [1.165, 1.54) is 12.7 Å². The molecular formula is C36H56N10O10P2SSi2. The molecule has 25 heteroatoms. The predicted molar refractivity (Wildman–Crippen MR) is 234 cm³/mol. The molecule has 5 fully saturated rings. The Hall–Kier alpha value is -2.54. The fraction of sp³-hybridized carbons (Fsp3) is 0.722. The van der Waals surface area contributed by atoms with Crippen LogP contribution in [0.25, 0.3) is 22.3 Å². The summed E-state index contributed by atoms with van der Waals surface area (Å²) >= 11 is 4.63. The molecule has 4 aromatic heterocycles. The number of H-pyrrole nitrogens is 1. The molecule has 5 unspecified atom stereocenters. The van der Waals surface area contributed by atoms with Crippen LogP contribution in [0.2, 0.25) is 36.3 Å². The van der Waals surface area contributed by atoms with E-state index < -0.39 is 84.1 Å². The maximum absolute atomic E-state index is 14.8. The first-order chi connectivity index (χ1) is 28.1. The lowest BCUT2D eigenvalue weighted by Crippen LogP contribution is -2.51. The van der Waals surface area contributed by atoms with Crippen LogP contribution in [0.15, 0.2) is 23.8 Å². The normalized spacial score (nSPS) is 38.0. The van der Waals surface area contributed by atoms with Gasteiger partial charge in [0, 0.05) is 10.8 Å². The van der Waals surface area contributed by atoms with Gasteiger partial charge in [0.1, 0.15) is 24.1 Å². The molecule has 5 aliphatic rings. The zero-order valence-electron chi connectivity index (χ0n) is 35.9. The molecule has 0 amide bonds. The van der Waals surface area contributed by atoms with Gasteiger partial charge >= 0.3 is 14.6 Å². The standard InChI is InChI=1S/C36H56N10O10P2SSi2/c1-33(2,3)60(7,8)55-24-23(46-17-42-21-30(46)43-32(38)44-31(21)47)19-12-36(19)14-52-58(50,59)54-27-25(56-61(9,10)34(4,5)6)22(45-16-41-20-28(37)39-15-40-29(20)45)18-11-35(18,27)13-51-57(48,49)53-26(24)36/h15-19,22-27H,11-14H2,1-10H3,(H,48,49)(H,50,59)(H2,37,39,40)(H3,38,43,44,47)/t18?,19-,22-,23-,24?,25?,26+,27+,35+,36+,58?/m1/s1. The highest BCUT2D eigenvalue weighted by molar-refractivity contribution is 8.44. The molecule has 6 N–H and O–H groups in total. The molecule has 5 heterocycles. The van der Waals surface area contributed by atoms with E-state index in [9.17, 15) is 18.8 Å². The van der Waals surface area contributed by atoms with Crippen LogP contribution in [-0.4, -0.2) is 98.2 Å². The van der Waals surface area contributed by atoms with Gasteiger partial charge in [-0.05, 0) is 60.9 Å². The first kappa shape index (κ1) is 43.7. The van der Waals surface area contributed by atoms with Crippen molar-refractivity contribution >= 4 is 77.6 Å². The molecule has 4 saturated carbocycles. The minimum atomic E-state index is -4.91. The first-order valence-electron chi connectivity index (χ1n) is 20.4. The Balaban J connectivity index is 1.13. The number of phosphoric ester groups is 1. The molecule has 9 rings (SSSR count). The second kappa shape index (κ2) is 13.7. The van der Waals surface area contributed by atoms with Crippen LogP contribution in [-0.2, 0) is 36.1 Å². The number of hydrogen-bond donors (Lipinski definition) is 5. The van der Waals surface area contributed by atoms with Crippen LogP contribution in [0.3, 0.4) is 0 Å². The van der Waals surface area contributed by atoms with Crippen LogP contribution in [0.5, 0.6) is 0 Å². The number of hydrogen-bond acceptors (Lipinski definition) is 16. The van der Waals surface area contributed by atoms with Gasteiger partial charge in [0.25, 0.3) is 5.56 Å². The molecule has 61 heavy (non-hydrogen) atoms. The van der Waals surface area contributed by atoms with Gasteiger partial charge in [-0.2, -0.15) is 4.98 Å². The number of nitrogens with zero attached hydrogens (tertiary/aromatic N) is 7. The number of anilines is 2. The van der Waals surface area contributed by atoms with Crippen molar-refractivity contribution in [2.24, 2.45) is 22.7 Å². The third-order valence-corrected chi connectivity index (χ3v) is 26.5. The van der Waals surface area contributed by atoms with Crippen molar-refractivity contribution in [2.75, 3.05) is 24.7 Å². The molecule has 12 atom stereocenters. The number of nitrogens with two attached hydrogens (primary N) is 2. The Morgan fingerprint density at radius 1 is 0.820 bits per heavy atom. The second-order valence-corrected chi connectivity index (χ2v) is 34.4. The van der Waals surface area contributed by atoms with E-state index >= 15 is 0 Å². The highest BCUT2D eigenvalue weighted by Gasteiger charge is 2.77. The summed E-state index contributed by atoms with van der Waals surface area (Å²) in [4.78, 5) is 49.3. The first-order valence-corrected chi connectivity index (χ1v) is 30.5. The summed E-state index contributed by atoms with van der Waals surface area (Å²) in [7, 11) is -10.2. The smallest absolute Gasteiger partial charge is 0.409 e. The molecule has 0 bridgehead atoms. The minimum Gasteiger partial charge on any atom is -0.409 e. The van der Waals surface area contributed by atoms with E-state index in [-0.39, 0.29) is 58.1 Å². The van der Waals surface area contributed by atoms with E-state index in [2.05, 4.69) is 110 Å². The zero-order valence-corrected chi connectivity index (χ0v) is 40.6. The molecule has 1 aliphatic heterocycles. The SMILES string of the molecule is CC(C)(C)[Si](C)(C)OC1[C@H](n2cnc3c(N)ncnc32)C2C[C@]23COP(=O)(O)O[C@H]2C(O[Si](C)(C)C(C)(C)C)[C@H](n4cnc5c(=O)[nH]c(N)nc54)[C@H]4C[C@]42COP(=O)(S)O[C@@H]13. The summed E-state index contributed by atoms with van der Waals surface area (Å²) in [5.41, 5.74) is 10.9. The van der Waals surface area contributed by atoms with Crippen molar-refractivity contribution in [2.45, 2.75) is 127 Å². The van der Waals surface area contributed by atoms with E-state index in [4.69, 9.17) is 38.4 Å². The number of phosphoric acid groups is 1. The third kappa shape index (κ3) is 6.95. The molecular weight excluding hydrogens is 883 g/mol. The Morgan fingerprint density at radius 2 is 1.33 bits per heavy atom. The van der Waals surface area contributed by atoms with E-state index in [1.807, 2.05) is 4.57 Å². The maximum Gasteiger partial charge on any atom is 0.472 e. The van der Waals surface area contributed by atoms with Gasteiger partial charge in [-0.15, -0.1) is 0 Å². The summed E-state index contributed by atoms with van der Waals surface area (Å²) in [6.07, 6.45) is 1.60. The number of rotatable bonds is 6. The van der Waals surface area contributed by atoms with Gasteiger partial charge < -0.3 is 38.9 Å². The summed E-state index contributed by atoms with van der Waals surface area (Å²) in [6, 6.07) is -1.11. The molecule has 1 saturated heterocycles. The topological polar surface area (TPSA) is 269 Å². The summed E-state index contributed by atoms with van der Waals surface area (Å²) in [5, 5.41) is -0.537. The summed E-state index contributed by atoms with van der Waals surface area (Å²) < 4.78 is 72.8. The summed E-state index contributed by atoms with van der Waals surface area (Å²) in [6.45, 7) is 16.2. The number of fused-ring (bicyclic) bond motifs is 2. The Kier molecular flexibility index (Phi) is 9.85. The van der Waals surface area contributed by atoms with Gasteiger partial charge in [-0.25, -0.2) is 29.1 Å². The minimum absolute atomic E-state index is 0.0691. The number of imidazole rings is 2. The predicted octanol–water partition coefficient (Wildman–Crippen LogP) is 5.98. The van der Waals surface area contributed by atoms with Gasteiger partial charge in [-0.3, -0.25) is 23.3 Å². The van der Waals surface area contributed by atoms with Crippen LogP contribution in [0.4, 0.5) is 11.8 Å². The van der Waals surface area contributed by atoms with E-state index in [0.29, 0.717) is 24.0 Å². The van der Waals surface area contributed by atoms with Crippen molar-refractivity contribution in [3.8, 4) is 0 Å². The van der Waals surface area contributed by atoms with Gasteiger partial charge in [0.05, 0.1) is 50.2 Å². The number of nitrogen functional groups attached to an aromatic ring is 2. The molecule has 0 radical (unpaired) electrons. The molecule has 4 aromatic rings. The fourth-order valence-electron chi connectivity index (χ4n) is 9.58. The lowest BCUT2D eigenvalue weighted by Gasteiger charge is -2.44. The van der Waals surface area contributed by atoms with E-state index in [1.54, 1.807) is 10.9 Å². The monoisotopic (exact) mass is 938 g/mol. The van der Waals surface area contributed by atoms with Gasteiger partial charge in [0.15, 0.2) is 39.3 Å². The average molecular weight is 939 g/mol. The van der Waals surface area contributed by atoms with Crippen LogP contribution < -0.4 is 17.0 Å². The maximum atomic E-state index is 14.8. The molecule has 334 valence electrons. The summed E-state index contributed by atoms with van der Waals surface area (Å²) in [5.74, 6) is -0.517. The lowest BCUT2D eigenvalue weighted by molar-refractivity contribution is -0.0475. The van der Waals surface area contributed by atoms with Gasteiger partial charge in [0.2, 0.25) is 5.95 Å². The lowest BCUT2D eigenvalue weighted by atomic mass is 10.0. The van der Waals surface area contributed by atoms with Crippen molar-refractivity contribution in [1.82, 2.24) is 39.0 Å². The van der Waals surface area contributed by atoms with Gasteiger partial charge in [-0.1, -0.05) is 53.8 Å². The largest absolute Gasteiger partial charge is 0.472 e. The zero-order chi connectivity index (χ0) is 44.2.